The average Bonchev–Trinajstić information content (AvgIpc) is 2.60. The van der Waals surface area contributed by atoms with Gasteiger partial charge in [0.05, 0.1) is 14.7 Å². The Morgan fingerprint density at radius 2 is 1.69 bits per heavy atom. The smallest absolute Gasteiger partial charge is 0.342 e. The van der Waals surface area contributed by atoms with Crippen molar-refractivity contribution in [1.29, 1.82) is 0 Å². The van der Waals surface area contributed by atoms with Crippen LogP contribution >= 0.6 is 0 Å². The van der Waals surface area contributed by atoms with Gasteiger partial charge in [-0.25, -0.2) is 4.79 Å². The van der Waals surface area contributed by atoms with Gasteiger partial charge in [0.25, 0.3) is 0 Å². The Balaban J connectivity index is 2.11. The third-order valence-corrected chi connectivity index (χ3v) is 6.41. The molecule has 0 aliphatic rings. The summed E-state index contributed by atoms with van der Waals surface area (Å²) < 4.78 is 10.9. The van der Waals surface area contributed by atoms with Crippen molar-refractivity contribution in [3.05, 3.63) is 59.7 Å². The highest BCUT2D eigenvalue weighted by Gasteiger charge is 2.34. The molecule has 140 valence electrons. The molecular weight excluding hydrogens is 344 g/mol. The van der Waals surface area contributed by atoms with Gasteiger partial charge in [0.15, 0.2) is 5.60 Å². The lowest BCUT2D eigenvalue weighted by atomic mass is 9.96. The summed E-state index contributed by atoms with van der Waals surface area (Å²) in [5.74, 6) is 0.0384. The maximum atomic E-state index is 11.9. The molecule has 0 aliphatic heterocycles. The Hall–Kier alpha value is -2.11. The fourth-order valence-electron chi connectivity index (χ4n) is 2.80. The van der Waals surface area contributed by atoms with Gasteiger partial charge in [-0.05, 0) is 37.1 Å². The Labute approximate surface area is 156 Å². The molecule has 2 aromatic rings. The second kappa shape index (κ2) is 8.06. The third-order valence-electron chi connectivity index (χ3n) is 4.31. The zero-order valence-corrected chi connectivity index (χ0v) is 17.2. The quantitative estimate of drug-likeness (QED) is 0.596. The van der Waals surface area contributed by atoms with Gasteiger partial charge in [-0.1, -0.05) is 61.2 Å². The fraction of sp³-hybridized carbons (Fsp3) is 0.381. The van der Waals surface area contributed by atoms with Gasteiger partial charge in [0, 0.05) is 0 Å². The Morgan fingerprint density at radius 1 is 1.08 bits per heavy atom. The zero-order chi connectivity index (χ0) is 19.4. The van der Waals surface area contributed by atoms with Crippen LogP contribution in [0.15, 0.2) is 48.5 Å². The molecule has 0 saturated heterocycles. The van der Waals surface area contributed by atoms with E-state index in [0.717, 1.165) is 0 Å². The minimum Gasteiger partial charge on any atom is -0.489 e. The van der Waals surface area contributed by atoms with Crippen LogP contribution in [-0.2, 0) is 21.7 Å². The van der Waals surface area contributed by atoms with Crippen LogP contribution in [-0.4, -0.2) is 25.8 Å². The summed E-state index contributed by atoms with van der Waals surface area (Å²) in [7, 11) is -1.43. The molecule has 0 aromatic heterocycles. The normalized spacial score (nSPS) is 13.8. The molecular formula is C21H28O4Si. The molecule has 0 aliphatic carbocycles. The molecule has 0 fully saturated rings. The summed E-state index contributed by atoms with van der Waals surface area (Å²) in [6, 6.07) is 15.3. The molecule has 26 heavy (non-hydrogen) atoms. The van der Waals surface area contributed by atoms with Gasteiger partial charge in [0.1, 0.15) is 12.4 Å². The molecule has 1 atom stereocenters. The van der Waals surface area contributed by atoms with Crippen molar-refractivity contribution in [3.8, 4) is 5.75 Å². The first-order valence-electron chi connectivity index (χ1n) is 8.87. The van der Waals surface area contributed by atoms with E-state index >= 15 is 0 Å². The van der Waals surface area contributed by atoms with Crippen LogP contribution in [0.2, 0.25) is 19.6 Å². The van der Waals surface area contributed by atoms with E-state index in [0.29, 0.717) is 17.9 Å². The molecule has 0 radical (unpaired) electrons. The molecule has 2 aromatic carbocycles. The van der Waals surface area contributed by atoms with E-state index in [1.54, 1.807) is 31.2 Å². The summed E-state index contributed by atoms with van der Waals surface area (Å²) in [6.45, 7) is 10.8. The first-order chi connectivity index (χ1) is 12.2. The number of hydrogen-bond acceptors (Lipinski definition) is 4. The number of benzene rings is 2. The van der Waals surface area contributed by atoms with E-state index in [1.807, 2.05) is 6.07 Å². The van der Waals surface area contributed by atoms with Gasteiger partial charge in [0.2, 0.25) is 0 Å². The summed E-state index contributed by atoms with van der Waals surface area (Å²) in [5.41, 5.74) is 0.0129. The maximum Gasteiger partial charge on any atom is 0.342 e. The monoisotopic (exact) mass is 372 g/mol. The molecule has 1 N–H and O–H groups in total. The number of rotatable bonds is 7. The lowest BCUT2D eigenvalue weighted by Gasteiger charge is -2.22. The van der Waals surface area contributed by atoms with Crippen molar-refractivity contribution >= 4 is 19.2 Å². The van der Waals surface area contributed by atoms with Crippen LogP contribution in [0.3, 0.4) is 0 Å². The first kappa shape index (κ1) is 20.2. The average molecular weight is 373 g/mol. The topological polar surface area (TPSA) is 55.8 Å². The molecule has 4 nitrogen and oxygen atoms in total. The van der Waals surface area contributed by atoms with Crippen LogP contribution in [0.5, 0.6) is 5.75 Å². The lowest BCUT2D eigenvalue weighted by Crippen LogP contribution is -2.40. The number of aliphatic hydroxyl groups is 1. The van der Waals surface area contributed by atoms with E-state index in [4.69, 9.17) is 9.47 Å². The SMILES string of the molecule is CCOC(=O)C(C)(O)c1ccc(OCc2ccccc2[Si](C)(C)C)cc1. The number of hydrogen-bond donors (Lipinski definition) is 1. The van der Waals surface area contributed by atoms with Crippen LogP contribution in [0.4, 0.5) is 0 Å². The molecule has 5 heteroatoms. The highest BCUT2D eigenvalue weighted by Crippen LogP contribution is 2.25. The fourth-order valence-corrected chi connectivity index (χ4v) is 4.52. The van der Waals surface area contributed by atoms with Crippen molar-refractivity contribution in [3.63, 3.8) is 0 Å². The van der Waals surface area contributed by atoms with E-state index in [9.17, 15) is 9.90 Å². The van der Waals surface area contributed by atoms with Gasteiger partial charge in [-0.2, -0.15) is 0 Å². The number of carbonyl (C=O) groups is 1. The highest BCUT2D eigenvalue weighted by atomic mass is 28.3. The zero-order valence-electron chi connectivity index (χ0n) is 16.2. The Bertz CT molecular complexity index is 745. The summed E-state index contributed by atoms with van der Waals surface area (Å²) >= 11 is 0. The molecule has 0 bridgehead atoms. The minimum atomic E-state index is -1.67. The number of carbonyl (C=O) groups excluding carboxylic acids is 1. The Kier molecular flexibility index (Phi) is 6.26. The van der Waals surface area contributed by atoms with Gasteiger partial charge in [-0.15, -0.1) is 0 Å². The molecule has 2 rings (SSSR count). The van der Waals surface area contributed by atoms with Crippen LogP contribution in [0.1, 0.15) is 25.0 Å². The van der Waals surface area contributed by atoms with E-state index in [-0.39, 0.29) is 6.61 Å². The third kappa shape index (κ3) is 4.74. The molecule has 0 amide bonds. The van der Waals surface area contributed by atoms with Crippen molar-refractivity contribution in [2.75, 3.05) is 6.61 Å². The van der Waals surface area contributed by atoms with Crippen molar-refractivity contribution in [2.24, 2.45) is 0 Å². The van der Waals surface area contributed by atoms with Crippen LogP contribution in [0.25, 0.3) is 0 Å². The number of esters is 1. The predicted molar refractivity (Wildman–Crippen MR) is 106 cm³/mol. The number of ether oxygens (including phenoxy) is 2. The first-order valence-corrected chi connectivity index (χ1v) is 12.4. The predicted octanol–water partition coefficient (Wildman–Crippen LogP) is 3.58. The largest absolute Gasteiger partial charge is 0.489 e. The maximum absolute atomic E-state index is 11.9. The molecule has 0 saturated carbocycles. The second-order valence-electron chi connectivity index (χ2n) is 7.51. The summed E-state index contributed by atoms with van der Waals surface area (Å²) in [5, 5.41) is 11.8. The minimum absolute atomic E-state index is 0.229. The van der Waals surface area contributed by atoms with Gasteiger partial charge >= 0.3 is 5.97 Å². The lowest BCUT2D eigenvalue weighted by molar-refractivity contribution is -0.164. The van der Waals surface area contributed by atoms with E-state index in [2.05, 4.69) is 37.8 Å². The van der Waals surface area contributed by atoms with E-state index in [1.165, 1.54) is 17.7 Å². The van der Waals surface area contributed by atoms with E-state index < -0.39 is 19.6 Å². The molecule has 0 spiro atoms. The molecule has 0 heterocycles. The van der Waals surface area contributed by atoms with Gasteiger partial charge in [-0.3, -0.25) is 0 Å². The highest BCUT2D eigenvalue weighted by molar-refractivity contribution is 6.89. The van der Waals surface area contributed by atoms with Crippen molar-refractivity contribution in [1.82, 2.24) is 0 Å². The Morgan fingerprint density at radius 3 is 2.27 bits per heavy atom. The van der Waals surface area contributed by atoms with Crippen LogP contribution in [0, 0.1) is 0 Å². The second-order valence-corrected chi connectivity index (χ2v) is 12.6. The van der Waals surface area contributed by atoms with Crippen LogP contribution < -0.4 is 9.92 Å². The standard InChI is InChI=1S/C21H28O4Si/c1-6-24-20(22)21(2,23)17-11-13-18(14-12-17)25-15-16-9-7-8-10-19(16)26(3,4)5/h7-14,23H,6,15H2,1-5H3. The van der Waals surface area contributed by atoms with Crippen molar-refractivity contribution < 1.29 is 19.4 Å². The van der Waals surface area contributed by atoms with Gasteiger partial charge < -0.3 is 14.6 Å². The summed E-state index contributed by atoms with van der Waals surface area (Å²) in [6.07, 6.45) is 0. The summed E-state index contributed by atoms with van der Waals surface area (Å²) in [4.78, 5) is 11.9. The molecule has 1 unspecified atom stereocenters. The van der Waals surface area contributed by atoms with Crippen molar-refractivity contribution in [2.45, 2.75) is 45.7 Å².